The van der Waals surface area contributed by atoms with Gasteiger partial charge in [0.05, 0.1) is 33.8 Å². The number of phosphoric ester groups is 1. The largest absolute Gasteiger partial charge is 0.756 e. The Morgan fingerprint density at radius 1 is 0.523 bits per heavy atom. The average molecular weight is 939 g/mol. The summed E-state index contributed by atoms with van der Waals surface area (Å²) in [7, 11) is 1.19. The molecule has 0 radical (unpaired) electrons. The Bertz CT molecular complexity index is 1170. The Morgan fingerprint density at radius 2 is 0.908 bits per heavy atom. The van der Waals surface area contributed by atoms with Crippen molar-refractivity contribution in [3.63, 3.8) is 0 Å². The average Bonchev–Trinajstić information content (AvgIpc) is 3.26. The molecule has 0 heterocycles. The summed E-state index contributed by atoms with van der Waals surface area (Å²) in [6.07, 6.45) is 51.3. The lowest BCUT2D eigenvalue weighted by atomic mass is 10.0. The maximum absolute atomic E-state index is 13.4. The van der Waals surface area contributed by atoms with E-state index in [9.17, 15) is 19.0 Å². The van der Waals surface area contributed by atoms with Crippen LogP contribution in [-0.2, 0) is 27.9 Å². The summed E-state index contributed by atoms with van der Waals surface area (Å²) < 4.78 is 30.2. The van der Waals surface area contributed by atoms with Crippen molar-refractivity contribution in [1.82, 2.24) is 5.32 Å². The molecule has 0 bridgehead atoms. The number of hydrogen-bond acceptors (Lipinski definition) is 7. The first kappa shape index (κ1) is 63.5. The van der Waals surface area contributed by atoms with Crippen LogP contribution in [0.1, 0.15) is 265 Å². The lowest BCUT2D eigenvalue weighted by Gasteiger charge is -2.30. The summed E-state index contributed by atoms with van der Waals surface area (Å²) >= 11 is 0. The van der Waals surface area contributed by atoms with Gasteiger partial charge in [-0.25, -0.2) is 0 Å². The summed E-state index contributed by atoms with van der Waals surface area (Å²) in [5, 5.41) is 3.02. The third-order valence-electron chi connectivity index (χ3n) is 12.4. The maximum atomic E-state index is 13.4. The molecule has 0 aromatic rings. The highest BCUT2D eigenvalue weighted by Gasteiger charge is 2.27. The van der Waals surface area contributed by atoms with Crippen LogP contribution in [0.3, 0.4) is 0 Å². The van der Waals surface area contributed by atoms with Gasteiger partial charge in [-0.1, -0.05) is 225 Å². The molecular formula is C55H107N2O7P. The summed E-state index contributed by atoms with van der Waals surface area (Å²) in [5.41, 5.74) is 0. The number of ether oxygens (including phenoxy) is 1. The molecule has 384 valence electrons. The number of rotatable bonds is 50. The van der Waals surface area contributed by atoms with Crippen LogP contribution in [0.25, 0.3) is 0 Å². The minimum atomic E-state index is -4.68. The molecule has 1 N–H and O–H groups in total. The van der Waals surface area contributed by atoms with E-state index in [-0.39, 0.29) is 31.5 Å². The second-order valence-electron chi connectivity index (χ2n) is 20.1. The van der Waals surface area contributed by atoms with Crippen LogP contribution in [0, 0.1) is 0 Å². The van der Waals surface area contributed by atoms with Crippen molar-refractivity contribution in [2.45, 2.75) is 277 Å². The van der Waals surface area contributed by atoms with Gasteiger partial charge < -0.3 is 28.5 Å². The molecule has 0 saturated heterocycles. The molecule has 3 unspecified atom stereocenters. The Balaban J connectivity index is 5.37. The number of hydrogen-bond donors (Lipinski definition) is 1. The molecule has 0 aliphatic carbocycles. The first-order valence-electron chi connectivity index (χ1n) is 27.6. The standard InChI is InChI=1S/C55H107N2O7P/c1-7-10-13-16-19-22-25-27-28-30-33-35-38-41-44-47-54(58)56-52(51-63-65(60,61)62-50-49-57(4,5)6)53(46-43-40-37-34-32-29-26-23-20-17-14-11-8-2)64-55(59)48-45-42-39-36-31-24-21-18-15-12-9-3/h18,21,43,46,52-53H,7-17,19-20,22-42,44-45,47-51H2,1-6H3,(H-,56,58,60,61)/b21-18-,46-43+. The zero-order valence-corrected chi connectivity index (χ0v) is 44.6. The molecular weight excluding hydrogens is 832 g/mol. The molecule has 65 heavy (non-hydrogen) atoms. The molecule has 0 aromatic carbocycles. The fourth-order valence-corrected chi connectivity index (χ4v) is 8.76. The molecule has 9 nitrogen and oxygen atoms in total. The van der Waals surface area contributed by atoms with Gasteiger partial charge in [-0.2, -0.15) is 0 Å². The van der Waals surface area contributed by atoms with Crippen molar-refractivity contribution in [3.8, 4) is 0 Å². The van der Waals surface area contributed by atoms with E-state index < -0.39 is 20.0 Å². The first-order chi connectivity index (χ1) is 31.4. The van der Waals surface area contributed by atoms with Gasteiger partial charge in [0.15, 0.2) is 0 Å². The van der Waals surface area contributed by atoms with Crippen molar-refractivity contribution in [2.24, 2.45) is 0 Å². The molecule has 0 saturated carbocycles. The van der Waals surface area contributed by atoms with E-state index in [1.54, 1.807) is 0 Å². The third-order valence-corrected chi connectivity index (χ3v) is 13.3. The number of carbonyl (C=O) groups excluding carboxylic acids is 2. The van der Waals surface area contributed by atoms with Crippen molar-refractivity contribution in [2.75, 3.05) is 40.9 Å². The number of carbonyl (C=O) groups is 2. The molecule has 3 atom stereocenters. The van der Waals surface area contributed by atoms with E-state index in [1.165, 1.54) is 148 Å². The molecule has 10 heteroatoms. The molecule has 0 aliphatic rings. The zero-order chi connectivity index (χ0) is 48.0. The summed E-state index contributed by atoms with van der Waals surface area (Å²) in [5.74, 6) is -0.542. The van der Waals surface area contributed by atoms with Gasteiger partial charge in [0.25, 0.3) is 7.82 Å². The van der Waals surface area contributed by atoms with Gasteiger partial charge in [-0.15, -0.1) is 0 Å². The number of likely N-dealkylation sites (N-methyl/N-ethyl adjacent to an activating group) is 1. The van der Waals surface area contributed by atoms with Gasteiger partial charge in [0, 0.05) is 12.8 Å². The number of unbranched alkanes of at least 4 members (excludes halogenated alkanes) is 32. The number of nitrogens with zero attached hydrogens (tertiary/aromatic N) is 1. The van der Waals surface area contributed by atoms with Crippen LogP contribution in [0.15, 0.2) is 24.3 Å². The normalized spacial score (nSPS) is 14.0. The predicted octanol–water partition coefficient (Wildman–Crippen LogP) is 15.6. The number of esters is 1. The van der Waals surface area contributed by atoms with Crippen molar-refractivity contribution < 1.29 is 37.3 Å². The van der Waals surface area contributed by atoms with Gasteiger partial charge in [-0.3, -0.25) is 14.2 Å². The summed E-state index contributed by atoms with van der Waals surface area (Å²) in [6.45, 7) is 6.81. The van der Waals surface area contributed by atoms with Crippen molar-refractivity contribution >= 4 is 19.7 Å². The van der Waals surface area contributed by atoms with E-state index in [4.69, 9.17) is 13.8 Å². The minimum absolute atomic E-state index is 0.0204. The Hall–Kier alpha value is -1.51. The molecule has 0 spiro atoms. The SMILES string of the molecule is CCCC/C=C\CCCCCCCC(=O)OC(/C=C/CCCCCCCCCCCCC)C(COP(=O)([O-])OCC[N+](C)(C)C)NC(=O)CCCCCCCCCCCCCCCCC. The maximum Gasteiger partial charge on any atom is 0.306 e. The van der Waals surface area contributed by atoms with Crippen molar-refractivity contribution in [1.29, 1.82) is 0 Å². The second kappa shape index (κ2) is 46.2. The first-order valence-corrected chi connectivity index (χ1v) is 29.1. The molecule has 0 aromatic heterocycles. The van der Waals surface area contributed by atoms with Crippen molar-refractivity contribution in [3.05, 3.63) is 24.3 Å². The molecule has 0 aliphatic heterocycles. The van der Waals surface area contributed by atoms with E-state index in [0.29, 0.717) is 17.4 Å². The lowest BCUT2D eigenvalue weighted by Crippen LogP contribution is -2.47. The minimum Gasteiger partial charge on any atom is -0.756 e. The summed E-state index contributed by atoms with van der Waals surface area (Å²) in [6, 6.07) is -0.883. The fourth-order valence-electron chi connectivity index (χ4n) is 8.03. The smallest absolute Gasteiger partial charge is 0.306 e. The van der Waals surface area contributed by atoms with E-state index in [2.05, 4.69) is 38.2 Å². The van der Waals surface area contributed by atoms with Gasteiger partial charge in [0.1, 0.15) is 19.3 Å². The van der Waals surface area contributed by atoms with E-state index >= 15 is 0 Å². The third kappa shape index (κ3) is 47.4. The van der Waals surface area contributed by atoms with Crippen LogP contribution < -0.4 is 10.2 Å². The van der Waals surface area contributed by atoms with Gasteiger partial charge in [-0.05, 0) is 51.0 Å². The highest BCUT2D eigenvalue weighted by Crippen LogP contribution is 2.38. The number of quaternary nitrogens is 1. The number of phosphoric acid groups is 1. The topological polar surface area (TPSA) is 114 Å². The highest BCUT2D eigenvalue weighted by atomic mass is 31.2. The Kier molecular flexibility index (Phi) is 45.2. The second-order valence-corrected chi connectivity index (χ2v) is 21.5. The van der Waals surface area contributed by atoms with Crippen LogP contribution in [0.4, 0.5) is 0 Å². The lowest BCUT2D eigenvalue weighted by molar-refractivity contribution is -0.870. The van der Waals surface area contributed by atoms with Crippen LogP contribution >= 0.6 is 7.82 Å². The van der Waals surface area contributed by atoms with E-state index in [0.717, 1.165) is 83.5 Å². The Labute approximate surface area is 403 Å². The quantitative estimate of drug-likeness (QED) is 0.0212. The number of amides is 1. The molecule has 1 amide bonds. The van der Waals surface area contributed by atoms with E-state index in [1.807, 2.05) is 33.3 Å². The highest BCUT2D eigenvalue weighted by molar-refractivity contribution is 7.45. The van der Waals surface area contributed by atoms with Gasteiger partial charge >= 0.3 is 5.97 Å². The predicted molar refractivity (Wildman–Crippen MR) is 275 cm³/mol. The van der Waals surface area contributed by atoms with Gasteiger partial charge in [0.2, 0.25) is 5.91 Å². The molecule has 0 rings (SSSR count). The van der Waals surface area contributed by atoms with Crippen LogP contribution in [0.5, 0.6) is 0 Å². The van der Waals surface area contributed by atoms with Crippen LogP contribution in [0.2, 0.25) is 0 Å². The fraction of sp³-hybridized carbons (Fsp3) is 0.891. The van der Waals surface area contributed by atoms with Crippen LogP contribution in [-0.4, -0.2) is 69.4 Å². The summed E-state index contributed by atoms with van der Waals surface area (Å²) in [4.78, 5) is 39.7. The Morgan fingerprint density at radius 3 is 1.35 bits per heavy atom. The molecule has 0 fully saturated rings. The zero-order valence-electron chi connectivity index (χ0n) is 43.7. The number of allylic oxidation sites excluding steroid dienone is 3. The monoisotopic (exact) mass is 939 g/mol. The number of nitrogens with one attached hydrogen (secondary N) is 1.